The van der Waals surface area contributed by atoms with Crippen LogP contribution >= 0.6 is 0 Å². The molecule has 0 spiro atoms. The molecule has 1 rings (SSSR count). The van der Waals surface area contributed by atoms with Crippen molar-refractivity contribution in [2.75, 3.05) is 6.54 Å². The standard InChI is InChI=1S/C6H11N.C2H6/c1-6-2-4-7-5-3-6;1-2/h2,4,6-7H,3,5H2,1H3;1-2H3. The number of allylic oxidation sites excluding steroid dienone is 1. The monoisotopic (exact) mass is 127 g/mol. The summed E-state index contributed by atoms with van der Waals surface area (Å²) in [7, 11) is 0. The molecular formula is C8H17N. The number of nitrogens with one attached hydrogen (secondary N) is 1. The van der Waals surface area contributed by atoms with Gasteiger partial charge in [-0.05, 0) is 18.5 Å². The Bertz CT molecular complexity index is 76.6. The summed E-state index contributed by atoms with van der Waals surface area (Å²) in [5.41, 5.74) is 0. The van der Waals surface area contributed by atoms with Crippen LogP contribution in [0.5, 0.6) is 0 Å². The minimum atomic E-state index is 0.793. The zero-order valence-corrected chi connectivity index (χ0v) is 6.65. The summed E-state index contributed by atoms with van der Waals surface area (Å²) in [5, 5.41) is 3.13. The van der Waals surface area contributed by atoms with Gasteiger partial charge in [-0.25, -0.2) is 0 Å². The zero-order chi connectivity index (χ0) is 7.11. The minimum absolute atomic E-state index is 0.793. The van der Waals surface area contributed by atoms with E-state index in [1.165, 1.54) is 6.42 Å². The van der Waals surface area contributed by atoms with Crippen LogP contribution in [0.1, 0.15) is 27.2 Å². The van der Waals surface area contributed by atoms with Crippen LogP contribution in [0.4, 0.5) is 0 Å². The predicted octanol–water partition coefficient (Wildman–Crippen LogP) is 2.16. The molecule has 1 nitrogen and oxygen atoms in total. The second-order valence-corrected chi connectivity index (χ2v) is 2.08. The molecule has 1 atom stereocenters. The Morgan fingerprint density at radius 3 is 2.33 bits per heavy atom. The SMILES string of the molecule is CC.CC1C=CNCC1. The highest BCUT2D eigenvalue weighted by molar-refractivity contribution is 4.89. The molecule has 1 unspecified atom stereocenters. The van der Waals surface area contributed by atoms with E-state index >= 15 is 0 Å². The third-order valence-electron chi connectivity index (χ3n) is 1.29. The van der Waals surface area contributed by atoms with Crippen molar-refractivity contribution in [2.45, 2.75) is 27.2 Å². The molecule has 1 aliphatic rings. The maximum absolute atomic E-state index is 3.13. The Morgan fingerprint density at radius 1 is 1.44 bits per heavy atom. The van der Waals surface area contributed by atoms with Gasteiger partial charge in [0.05, 0.1) is 0 Å². The lowest BCUT2D eigenvalue weighted by Gasteiger charge is -2.10. The van der Waals surface area contributed by atoms with Crippen molar-refractivity contribution in [3.63, 3.8) is 0 Å². The summed E-state index contributed by atoms with van der Waals surface area (Å²) < 4.78 is 0. The lowest BCUT2D eigenvalue weighted by Crippen LogP contribution is -2.14. The highest BCUT2D eigenvalue weighted by Crippen LogP contribution is 2.04. The fraction of sp³-hybridized carbons (Fsp3) is 0.750. The van der Waals surface area contributed by atoms with E-state index in [0.29, 0.717) is 0 Å². The lowest BCUT2D eigenvalue weighted by molar-refractivity contribution is 0.590. The van der Waals surface area contributed by atoms with Gasteiger partial charge in [0.25, 0.3) is 0 Å². The summed E-state index contributed by atoms with van der Waals surface area (Å²) in [4.78, 5) is 0. The fourth-order valence-corrected chi connectivity index (χ4v) is 0.723. The van der Waals surface area contributed by atoms with Crippen LogP contribution in [0.25, 0.3) is 0 Å². The normalized spacial score (nSPS) is 23.7. The largest absolute Gasteiger partial charge is 0.391 e. The van der Waals surface area contributed by atoms with Gasteiger partial charge in [0.1, 0.15) is 0 Å². The third-order valence-corrected chi connectivity index (χ3v) is 1.29. The molecule has 9 heavy (non-hydrogen) atoms. The van der Waals surface area contributed by atoms with Crippen molar-refractivity contribution in [1.82, 2.24) is 5.32 Å². The third kappa shape index (κ3) is 4.07. The smallest absolute Gasteiger partial charge is 0.0146 e. The molecule has 0 saturated heterocycles. The Kier molecular flexibility index (Phi) is 5.38. The molecule has 1 heteroatoms. The van der Waals surface area contributed by atoms with E-state index in [0.717, 1.165) is 12.5 Å². The molecule has 54 valence electrons. The van der Waals surface area contributed by atoms with Crippen LogP contribution in [0.3, 0.4) is 0 Å². The summed E-state index contributed by atoms with van der Waals surface area (Å²) >= 11 is 0. The summed E-state index contributed by atoms with van der Waals surface area (Å²) in [6, 6.07) is 0. The van der Waals surface area contributed by atoms with E-state index < -0.39 is 0 Å². The molecule has 0 aliphatic carbocycles. The lowest BCUT2D eigenvalue weighted by atomic mass is 10.1. The maximum Gasteiger partial charge on any atom is 0.0146 e. The van der Waals surface area contributed by atoms with Crippen molar-refractivity contribution >= 4 is 0 Å². The van der Waals surface area contributed by atoms with Crippen LogP contribution in [0.15, 0.2) is 12.3 Å². The minimum Gasteiger partial charge on any atom is -0.391 e. The second-order valence-electron chi connectivity index (χ2n) is 2.08. The predicted molar refractivity (Wildman–Crippen MR) is 42.3 cm³/mol. The Labute approximate surface area is 58.2 Å². The number of rotatable bonds is 0. The van der Waals surface area contributed by atoms with Gasteiger partial charge >= 0.3 is 0 Å². The van der Waals surface area contributed by atoms with Crippen molar-refractivity contribution < 1.29 is 0 Å². The summed E-state index contributed by atoms with van der Waals surface area (Å²) in [6.45, 7) is 7.38. The van der Waals surface area contributed by atoms with Crippen LogP contribution in [-0.2, 0) is 0 Å². The van der Waals surface area contributed by atoms with Crippen LogP contribution in [0.2, 0.25) is 0 Å². The van der Waals surface area contributed by atoms with Gasteiger partial charge in [0.15, 0.2) is 0 Å². The molecule has 0 radical (unpaired) electrons. The van der Waals surface area contributed by atoms with Crippen molar-refractivity contribution in [3.8, 4) is 0 Å². The number of hydrogen-bond acceptors (Lipinski definition) is 1. The summed E-state index contributed by atoms with van der Waals surface area (Å²) in [6.07, 6.45) is 5.52. The van der Waals surface area contributed by atoms with E-state index in [4.69, 9.17) is 0 Å². The van der Waals surface area contributed by atoms with Gasteiger partial charge in [-0.3, -0.25) is 0 Å². The van der Waals surface area contributed by atoms with Crippen LogP contribution in [0, 0.1) is 5.92 Å². The Balaban J connectivity index is 0.000000291. The molecule has 1 N–H and O–H groups in total. The first-order valence-corrected chi connectivity index (χ1v) is 3.79. The topological polar surface area (TPSA) is 12.0 Å². The summed E-state index contributed by atoms with van der Waals surface area (Å²) in [5.74, 6) is 0.793. The molecule has 1 heterocycles. The molecule has 0 aromatic rings. The van der Waals surface area contributed by atoms with Crippen LogP contribution < -0.4 is 5.32 Å². The quantitative estimate of drug-likeness (QED) is 0.526. The van der Waals surface area contributed by atoms with Crippen molar-refractivity contribution in [3.05, 3.63) is 12.3 Å². The van der Waals surface area contributed by atoms with E-state index in [9.17, 15) is 0 Å². The zero-order valence-electron chi connectivity index (χ0n) is 6.65. The molecular weight excluding hydrogens is 110 g/mol. The molecule has 0 saturated carbocycles. The maximum atomic E-state index is 3.13. The van der Waals surface area contributed by atoms with Gasteiger partial charge in [-0.1, -0.05) is 26.8 Å². The highest BCUT2D eigenvalue weighted by Gasteiger charge is 1.97. The average molecular weight is 127 g/mol. The number of hydrogen-bond donors (Lipinski definition) is 1. The molecule has 0 fully saturated rings. The van der Waals surface area contributed by atoms with Gasteiger partial charge in [-0.15, -0.1) is 0 Å². The highest BCUT2D eigenvalue weighted by atomic mass is 14.8. The second kappa shape index (κ2) is 5.67. The van der Waals surface area contributed by atoms with E-state index in [-0.39, 0.29) is 0 Å². The molecule has 0 aromatic heterocycles. The average Bonchev–Trinajstić information content (AvgIpc) is 1.94. The first-order valence-electron chi connectivity index (χ1n) is 3.79. The van der Waals surface area contributed by atoms with E-state index in [1.54, 1.807) is 0 Å². The van der Waals surface area contributed by atoms with Gasteiger partial charge in [0, 0.05) is 6.54 Å². The van der Waals surface area contributed by atoms with Crippen molar-refractivity contribution in [2.24, 2.45) is 5.92 Å². The Hall–Kier alpha value is -0.460. The van der Waals surface area contributed by atoms with Gasteiger partial charge in [0.2, 0.25) is 0 Å². The first kappa shape index (κ1) is 8.54. The van der Waals surface area contributed by atoms with E-state index in [2.05, 4.69) is 18.3 Å². The van der Waals surface area contributed by atoms with Gasteiger partial charge < -0.3 is 5.32 Å². The molecule has 0 amide bonds. The molecule has 0 aromatic carbocycles. The fourth-order valence-electron chi connectivity index (χ4n) is 0.723. The van der Waals surface area contributed by atoms with Gasteiger partial charge in [-0.2, -0.15) is 0 Å². The molecule has 1 aliphatic heterocycles. The van der Waals surface area contributed by atoms with Crippen molar-refractivity contribution in [1.29, 1.82) is 0 Å². The van der Waals surface area contributed by atoms with E-state index in [1.807, 2.05) is 20.0 Å². The Morgan fingerprint density at radius 2 is 2.11 bits per heavy atom. The van der Waals surface area contributed by atoms with Crippen LogP contribution in [-0.4, -0.2) is 6.54 Å². The first-order chi connectivity index (χ1) is 4.39. The molecule has 0 bridgehead atoms.